The normalized spacial score (nSPS) is 16.1. The molecule has 0 fully saturated rings. The van der Waals surface area contributed by atoms with Crippen molar-refractivity contribution < 1.29 is 23.6 Å². The quantitative estimate of drug-likeness (QED) is 0.360. The molecule has 0 spiro atoms. The Hall–Kier alpha value is -5.07. The summed E-state index contributed by atoms with van der Waals surface area (Å²) in [5, 5.41) is 20.8. The lowest BCUT2D eigenvalue weighted by Gasteiger charge is -2.15. The standard InChI is InChI=1S/C26H21FN8O4/c1-13-8-14(2-6-18(13)27)12-28-24(37)21-10-22(35-26(30-21)31-33-34-35)25(38)29-19-7-4-15-9-16(3-5-17(15)19)20-11-23(36)39-32-20/h2-3,5-6,8-10,19H,4,7,11-12H2,1H3,(H,28,37)(H,29,38)/t19-/m0/s1. The summed E-state index contributed by atoms with van der Waals surface area (Å²) in [6, 6.07) is 11.3. The molecule has 0 unspecified atom stereocenters. The Labute approximate surface area is 220 Å². The van der Waals surface area contributed by atoms with E-state index < -0.39 is 11.8 Å². The van der Waals surface area contributed by atoms with Crippen molar-refractivity contribution in [2.75, 3.05) is 0 Å². The number of fused-ring (bicyclic) bond motifs is 2. The van der Waals surface area contributed by atoms with Crippen LogP contribution in [0.25, 0.3) is 5.78 Å². The number of amides is 2. The van der Waals surface area contributed by atoms with E-state index >= 15 is 0 Å². The van der Waals surface area contributed by atoms with Crippen LogP contribution in [-0.4, -0.2) is 48.5 Å². The number of rotatable bonds is 6. The minimum absolute atomic E-state index is 0.00371. The molecule has 0 bridgehead atoms. The van der Waals surface area contributed by atoms with E-state index in [1.807, 2.05) is 18.2 Å². The van der Waals surface area contributed by atoms with Crippen molar-refractivity contribution in [2.45, 2.75) is 38.8 Å². The maximum absolute atomic E-state index is 13.5. The molecular weight excluding hydrogens is 507 g/mol. The zero-order chi connectivity index (χ0) is 27.1. The van der Waals surface area contributed by atoms with E-state index in [1.54, 1.807) is 19.1 Å². The van der Waals surface area contributed by atoms with Crippen LogP contribution in [0.4, 0.5) is 4.39 Å². The van der Waals surface area contributed by atoms with Crippen LogP contribution in [0.5, 0.6) is 0 Å². The van der Waals surface area contributed by atoms with Gasteiger partial charge >= 0.3 is 5.97 Å². The second kappa shape index (κ2) is 9.67. The van der Waals surface area contributed by atoms with Gasteiger partial charge in [-0.25, -0.2) is 14.2 Å². The lowest BCUT2D eigenvalue weighted by molar-refractivity contribution is -0.140. The first-order valence-corrected chi connectivity index (χ1v) is 12.2. The summed E-state index contributed by atoms with van der Waals surface area (Å²) in [5.74, 6) is -1.73. The number of carbonyl (C=O) groups is 3. The molecule has 0 saturated heterocycles. The van der Waals surface area contributed by atoms with Crippen molar-refractivity contribution in [1.29, 1.82) is 0 Å². The number of oxime groups is 1. The average Bonchev–Trinajstić information content (AvgIpc) is 3.68. The van der Waals surface area contributed by atoms with Gasteiger partial charge in [-0.05, 0) is 64.6 Å². The number of hydrogen-bond acceptors (Lipinski definition) is 9. The Balaban J connectivity index is 1.20. The fourth-order valence-electron chi connectivity index (χ4n) is 4.75. The monoisotopic (exact) mass is 528 g/mol. The van der Waals surface area contributed by atoms with Crippen LogP contribution in [0.2, 0.25) is 0 Å². The highest BCUT2D eigenvalue weighted by atomic mass is 19.1. The highest BCUT2D eigenvalue weighted by molar-refractivity contribution is 6.11. The molecule has 0 radical (unpaired) electrons. The smallest absolute Gasteiger partial charge is 0.341 e. The molecule has 1 aliphatic carbocycles. The number of nitrogens with one attached hydrogen (secondary N) is 2. The van der Waals surface area contributed by atoms with Crippen molar-refractivity contribution in [3.05, 3.63) is 87.5 Å². The van der Waals surface area contributed by atoms with Gasteiger partial charge in [0.15, 0.2) is 0 Å². The Morgan fingerprint density at radius 2 is 2.03 bits per heavy atom. The summed E-state index contributed by atoms with van der Waals surface area (Å²) in [7, 11) is 0. The van der Waals surface area contributed by atoms with Gasteiger partial charge in [-0.1, -0.05) is 34.5 Å². The van der Waals surface area contributed by atoms with Crippen LogP contribution in [0.1, 0.15) is 67.7 Å². The number of halogens is 1. The average molecular weight is 529 g/mol. The molecule has 4 aromatic rings. The fourth-order valence-corrected chi connectivity index (χ4v) is 4.75. The third kappa shape index (κ3) is 4.69. The maximum Gasteiger partial charge on any atom is 0.341 e. The van der Waals surface area contributed by atoms with Gasteiger partial charge in [0.1, 0.15) is 17.2 Å². The van der Waals surface area contributed by atoms with Crippen LogP contribution in [0.3, 0.4) is 0 Å². The van der Waals surface area contributed by atoms with E-state index in [4.69, 9.17) is 0 Å². The number of tetrazole rings is 1. The van der Waals surface area contributed by atoms with Crippen LogP contribution in [0.15, 0.2) is 47.6 Å². The first-order valence-electron chi connectivity index (χ1n) is 12.2. The zero-order valence-electron chi connectivity index (χ0n) is 20.6. The minimum atomic E-state index is -0.535. The number of hydrogen-bond donors (Lipinski definition) is 2. The van der Waals surface area contributed by atoms with Crippen molar-refractivity contribution in [3.63, 3.8) is 0 Å². The van der Waals surface area contributed by atoms with Gasteiger partial charge in [0.2, 0.25) is 0 Å². The number of carbonyl (C=O) groups excluding carboxylic acids is 3. The molecule has 13 heteroatoms. The van der Waals surface area contributed by atoms with Gasteiger partial charge in [0.25, 0.3) is 17.6 Å². The number of nitrogens with zero attached hydrogens (tertiary/aromatic N) is 6. The molecular formula is C26H21FN8O4. The maximum atomic E-state index is 13.5. The first-order chi connectivity index (χ1) is 18.9. The van der Waals surface area contributed by atoms with Crippen LogP contribution in [0, 0.1) is 12.7 Å². The Kier molecular flexibility index (Phi) is 6.02. The highest BCUT2D eigenvalue weighted by Crippen LogP contribution is 2.32. The van der Waals surface area contributed by atoms with Gasteiger partial charge < -0.3 is 15.5 Å². The molecule has 2 aromatic heterocycles. The van der Waals surface area contributed by atoms with Gasteiger partial charge in [-0.15, -0.1) is 0 Å². The summed E-state index contributed by atoms with van der Waals surface area (Å²) in [6.07, 6.45) is 1.52. The van der Waals surface area contributed by atoms with Gasteiger partial charge in [0, 0.05) is 18.2 Å². The molecule has 2 aromatic carbocycles. The predicted octanol–water partition coefficient (Wildman–Crippen LogP) is 1.97. The molecule has 3 heterocycles. The molecule has 12 nitrogen and oxygen atoms in total. The molecule has 2 aliphatic rings. The second-order valence-corrected chi connectivity index (χ2v) is 9.34. The third-order valence-electron chi connectivity index (χ3n) is 6.74. The summed E-state index contributed by atoms with van der Waals surface area (Å²) in [5.41, 5.74) is 4.58. The Morgan fingerprint density at radius 1 is 1.15 bits per heavy atom. The van der Waals surface area contributed by atoms with Crippen molar-refractivity contribution in [2.24, 2.45) is 5.16 Å². The Morgan fingerprint density at radius 3 is 2.82 bits per heavy atom. The zero-order valence-corrected chi connectivity index (χ0v) is 20.6. The van der Waals surface area contributed by atoms with Crippen molar-refractivity contribution in [1.82, 2.24) is 35.7 Å². The van der Waals surface area contributed by atoms with Gasteiger partial charge in [-0.3, -0.25) is 9.59 Å². The van der Waals surface area contributed by atoms with Crippen LogP contribution in [-0.2, 0) is 22.6 Å². The second-order valence-electron chi connectivity index (χ2n) is 9.34. The molecule has 6 rings (SSSR count). The van der Waals surface area contributed by atoms with E-state index in [1.165, 1.54) is 16.6 Å². The molecule has 0 saturated carbocycles. The molecule has 39 heavy (non-hydrogen) atoms. The topological polar surface area (TPSA) is 153 Å². The van der Waals surface area contributed by atoms with E-state index in [2.05, 4.69) is 41.1 Å². The minimum Gasteiger partial charge on any atom is -0.347 e. The Bertz CT molecular complexity index is 1700. The van der Waals surface area contributed by atoms with E-state index in [-0.39, 0.29) is 48.0 Å². The largest absolute Gasteiger partial charge is 0.347 e. The first kappa shape index (κ1) is 24.3. The SMILES string of the molecule is Cc1cc(CNC(=O)c2cc(C(=O)N[C@H]3CCc4cc(C5=NOC(=O)C5)ccc43)n3nnnc3n2)ccc1F. The lowest BCUT2D eigenvalue weighted by Crippen LogP contribution is -2.30. The highest BCUT2D eigenvalue weighted by Gasteiger charge is 2.28. The fraction of sp³-hybridized carbons (Fsp3) is 0.231. The van der Waals surface area contributed by atoms with E-state index in [0.29, 0.717) is 23.3 Å². The number of aromatic nitrogens is 5. The molecule has 1 atom stereocenters. The van der Waals surface area contributed by atoms with Crippen molar-refractivity contribution in [3.8, 4) is 0 Å². The van der Waals surface area contributed by atoms with Crippen LogP contribution >= 0.6 is 0 Å². The number of benzene rings is 2. The molecule has 2 N–H and O–H groups in total. The summed E-state index contributed by atoms with van der Waals surface area (Å²) >= 11 is 0. The van der Waals surface area contributed by atoms with Gasteiger partial charge in [0.05, 0.1) is 18.2 Å². The lowest BCUT2D eigenvalue weighted by atomic mass is 10.0. The van der Waals surface area contributed by atoms with Gasteiger partial charge in [-0.2, -0.15) is 4.52 Å². The summed E-state index contributed by atoms with van der Waals surface area (Å²) < 4.78 is 14.7. The predicted molar refractivity (Wildman–Crippen MR) is 133 cm³/mol. The van der Waals surface area contributed by atoms with Crippen LogP contribution < -0.4 is 10.6 Å². The molecule has 2 amide bonds. The number of aryl methyl sites for hydroxylation is 2. The van der Waals surface area contributed by atoms with Crippen molar-refractivity contribution >= 4 is 29.3 Å². The van der Waals surface area contributed by atoms with E-state index in [0.717, 1.165) is 23.1 Å². The molecule has 1 aliphatic heterocycles. The summed E-state index contributed by atoms with van der Waals surface area (Å²) in [6.45, 7) is 1.79. The third-order valence-corrected chi connectivity index (χ3v) is 6.74. The van der Waals surface area contributed by atoms with E-state index in [9.17, 15) is 18.8 Å². The molecule has 196 valence electrons. The summed E-state index contributed by atoms with van der Waals surface area (Å²) in [4.78, 5) is 46.5.